The lowest BCUT2D eigenvalue weighted by atomic mass is 9.94. The van der Waals surface area contributed by atoms with Crippen molar-refractivity contribution in [1.82, 2.24) is 0 Å². The van der Waals surface area contributed by atoms with Crippen molar-refractivity contribution in [1.29, 1.82) is 0 Å². The number of carbonyl (C=O) groups excluding carboxylic acids is 2. The molecule has 0 radical (unpaired) electrons. The van der Waals surface area contributed by atoms with E-state index in [-0.39, 0.29) is 0 Å². The quantitative estimate of drug-likeness (QED) is 0.372. The van der Waals surface area contributed by atoms with Crippen molar-refractivity contribution in [2.45, 2.75) is 52.9 Å². The molecule has 128 valence electrons. The van der Waals surface area contributed by atoms with Crippen LogP contribution in [0.4, 0.5) is 0 Å². The highest BCUT2D eigenvalue weighted by atomic mass is 16.6. The van der Waals surface area contributed by atoms with Gasteiger partial charge in [-0.1, -0.05) is 50.1 Å². The molecule has 0 unspecified atom stereocenters. The summed E-state index contributed by atoms with van der Waals surface area (Å²) in [6.07, 6.45) is 4.47. The SMILES string of the molecule is CCCCCOC(=O)C(C)(C)C(=O)OCCCc1ccccc1. The Morgan fingerprint density at radius 2 is 1.48 bits per heavy atom. The van der Waals surface area contributed by atoms with Crippen LogP contribution in [-0.2, 0) is 25.5 Å². The molecule has 1 aromatic rings. The van der Waals surface area contributed by atoms with Gasteiger partial charge in [-0.25, -0.2) is 0 Å². The molecule has 0 spiro atoms. The molecule has 1 aromatic carbocycles. The van der Waals surface area contributed by atoms with Crippen LogP contribution in [0.3, 0.4) is 0 Å². The molecule has 0 heterocycles. The first-order chi connectivity index (χ1) is 11.0. The van der Waals surface area contributed by atoms with Crippen LogP contribution in [0.5, 0.6) is 0 Å². The summed E-state index contributed by atoms with van der Waals surface area (Å²) in [6, 6.07) is 10.0. The van der Waals surface area contributed by atoms with Gasteiger partial charge in [0.25, 0.3) is 0 Å². The van der Waals surface area contributed by atoms with E-state index in [1.54, 1.807) is 13.8 Å². The Balaban J connectivity index is 2.29. The summed E-state index contributed by atoms with van der Waals surface area (Å²) < 4.78 is 10.4. The van der Waals surface area contributed by atoms with Gasteiger partial charge in [0.2, 0.25) is 0 Å². The maximum Gasteiger partial charge on any atom is 0.322 e. The summed E-state index contributed by atoms with van der Waals surface area (Å²) in [5, 5.41) is 0. The fraction of sp³-hybridized carbons (Fsp3) is 0.579. The fourth-order valence-electron chi connectivity index (χ4n) is 2.05. The smallest absolute Gasteiger partial charge is 0.322 e. The van der Waals surface area contributed by atoms with Gasteiger partial charge in [0.05, 0.1) is 13.2 Å². The fourth-order valence-corrected chi connectivity index (χ4v) is 2.05. The summed E-state index contributed by atoms with van der Waals surface area (Å²) >= 11 is 0. The molecule has 0 fully saturated rings. The Labute approximate surface area is 139 Å². The molecule has 0 saturated heterocycles. The van der Waals surface area contributed by atoms with Gasteiger partial charge in [-0.3, -0.25) is 9.59 Å². The van der Waals surface area contributed by atoms with E-state index in [0.717, 1.165) is 32.1 Å². The lowest BCUT2D eigenvalue weighted by molar-refractivity contribution is -0.169. The summed E-state index contributed by atoms with van der Waals surface area (Å²) in [5.74, 6) is -1.03. The summed E-state index contributed by atoms with van der Waals surface area (Å²) in [7, 11) is 0. The average Bonchev–Trinajstić information content (AvgIpc) is 2.56. The zero-order chi connectivity index (χ0) is 17.1. The van der Waals surface area contributed by atoms with Crippen molar-refractivity contribution >= 4 is 11.9 Å². The van der Waals surface area contributed by atoms with Crippen LogP contribution in [-0.4, -0.2) is 25.2 Å². The van der Waals surface area contributed by atoms with Crippen LogP contribution >= 0.6 is 0 Å². The second-order valence-corrected chi connectivity index (χ2v) is 6.19. The molecular formula is C19H28O4. The minimum absolute atomic E-state index is 0.306. The molecule has 0 aromatic heterocycles. The van der Waals surface area contributed by atoms with Gasteiger partial charge < -0.3 is 9.47 Å². The van der Waals surface area contributed by atoms with Gasteiger partial charge in [-0.15, -0.1) is 0 Å². The zero-order valence-electron chi connectivity index (χ0n) is 14.5. The molecule has 0 aliphatic rings. The maximum atomic E-state index is 12.1. The zero-order valence-corrected chi connectivity index (χ0v) is 14.5. The molecule has 0 saturated carbocycles. The first-order valence-electron chi connectivity index (χ1n) is 8.37. The number of carbonyl (C=O) groups is 2. The predicted molar refractivity (Wildman–Crippen MR) is 90.0 cm³/mol. The van der Waals surface area contributed by atoms with Crippen LogP contribution in [0, 0.1) is 5.41 Å². The van der Waals surface area contributed by atoms with E-state index in [0.29, 0.717) is 13.2 Å². The van der Waals surface area contributed by atoms with Crippen molar-refractivity contribution in [2.75, 3.05) is 13.2 Å². The molecule has 0 aliphatic carbocycles. The van der Waals surface area contributed by atoms with Gasteiger partial charge in [-0.2, -0.15) is 0 Å². The molecule has 0 N–H and O–H groups in total. The highest BCUT2D eigenvalue weighted by molar-refractivity contribution is 5.99. The lowest BCUT2D eigenvalue weighted by Crippen LogP contribution is -2.37. The van der Waals surface area contributed by atoms with Crippen LogP contribution in [0.25, 0.3) is 0 Å². The number of aryl methyl sites for hydroxylation is 1. The molecule has 4 nitrogen and oxygen atoms in total. The minimum Gasteiger partial charge on any atom is -0.465 e. The molecule has 23 heavy (non-hydrogen) atoms. The number of hydrogen-bond acceptors (Lipinski definition) is 4. The van der Waals surface area contributed by atoms with E-state index in [1.807, 2.05) is 30.3 Å². The molecule has 0 bridgehead atoms. The van der Waals surface area contributed by atoms with E-state index < -0.39 is 17.4 Å². The first-order valence-corrected chi connectivity index (χ1v) is 8.37. The number of rotatable bonds is 10. The molecular weight excluding hydrogens is 292 g/mol. The Kier molecular flexibility index (Phi) is 8.38. The third-order valence-corrected chi connectivity index (χ3v) is 3.69. The Morgan fingerprint density at radius 1 is 0.913 bits per heavy atom. The summed E-state index contributed by atoms with van der Waals surface area (Å²) in [5.41, 5.74) is -0.0444. The molecule has 1 rings (SSSR count). The van der Waals surface area contributed by atoms with Gasteiger partial charge >= 0.3 is 11.9 Å². The highest BCUT2D eigenvalue weighted by Crippen LogP contribution is 2.20. The minimum atomic E-state index is -1.25. The van der Waals surface area contributed by atoms with Crippen molar-refractivity contribution in [3.8, 4) is 0 Å². The first kappa shape index (κ1) is 19.2. The lowest BCUT2D eigenvalue weighted by Gasteiger charge is -2.20. The maximum absolute atomic E-state index is 12.1. The van der Waals surface area contributed by atoms with Crippen molar-refractivity contribution in [3.05, 3.63) is 35.9 Å². The number of hydrogen-bond donors (Lipinski definition) is 0. The van der Waals surface area contributed by atoms with Crippen LogP contribution in [0.1, 0.15) is 52.0 Å². The van der Waals surface area contributed by atoms with E-state index in [2.05, 4.69) is 6.92 Å². The van der Waals surface area contributed by atoms with Gasteiger partial charge in [0, 0.05) is 0 Å². The van der Waals surface area contributed by atoms with Crippen molar-refractivity contribution in [3.63, 3.8) is 0 Å². The average molecular weight is 320 g/mol. The standard InChI is InChI=1S/C19H28O4/c1-4-5-9-14-22-17(20)19(2,3)18(21)23-15-10-13-16-11-7-6-8-12-16/h6-8,11-12H,4-5,9-10,13-15H2,1-3H3. The van der Waals surface area contributed by atoms with Gasteiger partial charge in [0.15, 0.2) is 5.41 Å². The highest BCUT2D eigenvalue weighted by Gasteiger charge is 2.39. The number of unbranched alkanes of at least 4 members (excludes halogenated alkanes) is 2. The number of esters is 2. The number of ether oxygens (including phenoxy) is 2. The monoisotopic (exact) mass is 320 g/mol. The van der Waals surface area contributed by atoms with Crippen LogP contribution < -0.4 is 0 Å². The molecule has 0 aliphatic heterocycles. The topological polar surface area (TPSA) is 52.6 Å². The Hall–Kier alpha value is -1.84. The van der Waals surface area contributed by atoms with Crippen LogP contribution in [0.15, 0.2) is 30.3 Å². The Morgan fingerprint density at radius 3 is 2.04 bits per heavy atom. The van der Waals surface area contributed by atoms with Crippen molar-refractivity contribution in [2.24, 2.45) is 5.41 Å². The largest absolute Gasteiger partial charge is 0.465 e. The third-order valence-electron chi connectivity index (χ3n) is 3.69. The Bertz CT molecular complexity index is 479. The van der Waals surface area contributed by atoms with Crippen molar-refractivity contribution < 1.29 is 19.1 Å². The number of benzene rings is 1. The second-order valence-electron chi connectivity index (χ2n) is 6.19. The normalized spacial score (nSPS) is 11.1. The molecule has 0 atom stereocenters. The molecule has 4 heteroatoms. The summed E-state index contributed by atoms with van der Waals surface area (Å²) in [4.78, 5) is 24.1. The molecule has 0 amide bonds. The van der Waals surface area contributed by atoms with E-state index in [9.17, 15) is 9.59 Å². The van der Waals surface area contributed by atoms with E-state index in [1.165, 1.54) is 5.56 Å². The van der Waals surface area contributed by atoms with E-state index in [4.69, 9.17) is 9.47 Å². The van der Waals surface area contributed by atoms with Gasteiger partial charge in [0.1, 0.15) is 0 Å². The summed E-state index contributed by atoms with van der Waals surface area (Å²) in [6.45, 7) is 5.85. The van der Waals surface area contributed by atoms with Gasteiger partial charge in [-0.05, 0) is 38.7 Å². The van der Waals surface area contributed by atoms with E-state index >= 15 is 0 Å². The third kappa shape index (κ3) is 6.85. The predicted octanol–water partition coefficient (Wildman–Crippen LogP) is 3.92. The van der Waals surface area contributed by atoms with Crippen LogP contribution in [0.2, 0.25) is 0 Å². The second kappa shape index (κ2) is 10.0.